The van der Waals surface area contributed by atoms with Gasteiger partial charge in [0.1, 0.15) is 0 Å². The van der Waals surface area contributed by atoms with Crippen molar-refractivity contribution in [1.29, 1.82) is 0 Å². The highest BCUT2D eigenvalue weighted by molar-refractivity contribution is 7.89. The molecule has 0 amide bonds. The Balaban J connectivity index is 0.00000220. The molecular formula is C15H25ClN2O2S. The maximum absolute atomic E-state index is 12.5. The van der Waals surface area contributed by atoms with Crippen LogP contribution in [0.3, 0.4) is 0 Å². The van der Waals surface area contributed by atoms with Crippen molar-refractivity contribution in [2.45, 2.75) is 37.5 Å². The van der Waals surface area contributed by atoms with Crippen molar-refractivity contribution < 1.29 is 8.42 Å². The van der Waals surface area contributed by atoms with Crippen LogP contribution in [-0.2, 0) is 15.4 Å². The van der Waals surface area contributed by atoms with E-state index in [4.69, 9.17) is 5.73 Å². The number of rotatable bonds is 3. The molecule has 1 fully saturated rings. The zero-order valence-electron chi connectivity index (χ0n) is 12.9. The van der Waals surface area contributed by atoms with Crippen LogP contribution < -0.4 is 5.73 Å². The number of hydrogen-bond acceptors (Lipinski definition) is 3. The normalized spacial score (nSPS) is 20.3. The minimum Gasteiger partial charge on any atom is -0.330 e. The molecule has 4 nitrogen and oxygen atoms in total. The average Bonchev–Trinajstić information content (AvgIpc) is 2.87. The first-order valence-corrected chi connectivity index (χ1v) is 8.50. The Morgan fingerprint density at radius 2 is 1.81 bits per heavy atom. The second kappa shape index (κ2) is 6.65. The summed E-state index contributed by atoms with van der Waals surface area (Å²) in [6, 6.07) is 7.24. The van der Waals surface area contributed by atoms with Gasteiger partial charge in [-0.25, -0.2) is 8.42 Å². The van der Waals surface area contributed by atoms with Gasteiger partial charge in [-0.05, 0) is 42.0 Å². The first-order valence-electron chi connectivity index (χ1n) is 7.06. The molecule has 1 aromatic rings. The quantitative estimate of drug-likeness (QED) is 0.924. The van der Waals surface area contributed by atoms with Gasteiger partial charge in [-0.2, -0.15) is 4.31 Å². The Bertz CT molecular complexity index is 564. The Labute approximate surface area is 134 Å². The molecule has 2 N–H and O–H groups in total. The van der Waals surface area contributed by atoms with E-state index < -0.39 is 10.0 Å². The van der Waals surface area contributed by atoms with Crippen molar-refractivity contribution >= 4 is 22.4 Å². The zero-order valence-corrected chi connectivity index (χ0v) is 14.5. The van der Waals surface area contributed by atoms with Crippen LogP contribution in [0.25, 0.3) is 0 Å². The van der Waals surface area contributed by atoms with E-state index in [1.54, 1.807) is 16.4 Å². The topological polar surface area (TPSA) is 63.4 Å². The van der Waals surface area contributed by atoms with E-state index in [-0.39, 0.29) is 17.8 Å². The summed E-state index contributed by atoms with van der Waals surface area (Å²) < 4.78 is 26.6. The predicted octanol–water partition coefficient (Wildman–Crippen LogP) is 2.38. The monoisotopic (exact) mass is 332 g/mol. The molecule has 120 valence electrons. The molecule has 0 saturated carbocycles. The zero-order chi connectivity index (χ0) is 15.0. The lowest BCUT2D eigenvalue weighted by Gasteiger charge is -2.20. The maximum Gasteiger partial charge on any atom is 0.243 e. The summed E-state index contributed by atoms with van der Waals surface area (Å²) in [5, 5.41) is 0. The second-order valence-electron chi connectivity index (χ2n) is 6.53. The van der Waals surface area contributed by atoms with Crippen LogP contribution in [-0.4, -0.2) is 32.4 Å². The van der Waals surface area contributed by atoms with Crippen LogP contribution >= 0.6 is 12.4 Å². The summed E-state index contributed by atoms with van der Waals surface area (Å²) in [7, 11) is -3.37. The first kappa shape index (κ1) is 18.4. The predicted molar refractivity (Wildman–Crippen MR) is 88.3 cm³/mol. The summed E-state index contributed by atoms with van der Waals surface area (Å²) in [5.74, 6) is 0.290. The molecule has 1 aromatic carbocycles. The molecule has 0 aromatic heterocycles. The number of sulfonamides is 1. The van der Waals surface area contributed by atoms with E-state index in [9.17, 15) is 8.42 Å². The fraction of sp³-hybridized carbons (Fsp3) is 0.600. The number of nitrogens with zero attached hydrogens (tertiary/aromatic N) is 1. The van der Waals surface area contributed by atoms with Crippen LogP contribution in [0.5, 0.6) is 0 Å². The fourth-order valence-electron chi connectivity index (χ4n) is 2.48. The Kier molecular flexibility index (Phi) is 5.83. The van der Waals surface area contributed by atoms with Crippen molar-refractivity contribution in [2.24, 2.45) is 11.7 Å². The van der Waals surface area contributed by atoms with E-state index in [1.807, 2.05) is 12.1 Å². The average molecular weight is 333 g/mol. The maximum atomic E-state index is 12.5. The molecular weight excluding hydrogens is 308 g/mol. The van der Waals surface area contributed by atoms with Crippen LogP contribution in [0.15, 0.2) is 29.2 Å². The van der Waals surface area contributed by atoms with Crippen molar-refractivity contribution in [3.63, 3.8) is 0 Å². The van der Waals surface area contributed by atoms with Gasteiger partial charge in [-0.3, -0.25) is 0 Å². The lowest BCUT2D eigenvalue weighted by molar-refractivity contribution is 0.459. The number of hydrogen-bond donors (Lipinski definition) is 1. The molecule has 1 unspecified atom stereocenters. The van der Waals surface area contributed by atoms with Gasteiger partial charge >= 0.3 is 0 Å². The minimum atomic E-state index is -3.37. The van der Waals surface area contributed by atoms with E-state index in [1.165, 1.54) is 0 Å². The van der Waals surface area contributed by atoms with Crippen LogP contribution in [0.4, 0.5) is 0 Å². The molecule has 1 aliphatic rings. The minimum absolute atomic E-state index is 0. The van der Waals surface area contributed by atoms with E-state index in [0.717, 1.165) is 12.0 Å². The number of halogens is 1. The molecule has 1 aliphatic heterocycles. The lowest BCUT2D eigenvalue weighted by atomic mass is 9.87. The molecule has 21 heavy (non-hydrogen) atoms. The summed E-state index contributed by atoms with van der Waals surface area (Å²) in [6.07, 6.45) is 0.857. The molecule has 1 heterocycles. The van der Waals surface area contributed by atoms with Crippen LogP contribution in [0, 0.1) is 5.92 Å². The van der Waals surface area contributed by atoms with Gasteiger partial charge in [0, 0.05) is 13.1 Å². The smallest absolute Gasteiger partial charge is 0.243 e. The van der Waals surface area contributed by atoms with Gasteiger partial charge < -0.3 is 5.73 Å². The Hall–Kier alpha value is -0.620. The third-order valence-electron chi connectivity index (χ3n) is 3.94. The molecule has 2 rings (SSSR count). The van der Waals surface area contributed by atoms with Gasteiger partial charge in [0.15, 0.2) is 0 Å². The summed E-state index contributed by atoms with van der Waals surface area (Å²) in [6.45, 7) is 8.01. The van der Waals surface area contributed by atoms with Gasteiger partial charge in [-0.1, -0.05) is 32.9 Å². The molecule has 1 atom stereocenters. The van der Waals surface area contributed by atoms with Gasteiger partial charge in [0.25, 0.3) is 0 Å². The van der Waals surface area contributed by atoms with Crippen molar-refractivity contribution in [3.05, 3.63) is 29.8 Å². The molecule has 0 radical (unpaired) electrons. The third-order valence-corrected chi connectivity index (χ3v) is 5.82. The summed E-state index contributed by atoms with van der Waals surface area (Å²) >= 11 is 0. The van der Waals surface area contributed by atoms with Crippen molar-refractivity contribution in [2.75, 3.05) is 19.6 Å². The van der Waals surface area contributed by atoms with E-state index in [0.29, 0.717) is 30.4 Å². The Morgan fingerprint density at radius 1 is 1.24 bits per heavy atom. The highest BCUT2D eigenvalue weighted by atomic mass is 35.5. The summed E-state index contributed by atoms with van der Waals surface area (Å²) in [4.78, 5) is 0.378. The third kappa shape index (κ3) is 3.97. The van der Waals surface area contributed by atoms with Gasteiger partial charge in [-0.15, -0.1) is 12.4 Å². The number of nitrogens with two attached hydrogens (primary N) is 1. The largest absolute Gasteiger partial charge is 0.330 e. The first-order chi connectivity index (χ1) is 9.25. The Morgan fingerprint density at radius 3 is 2.24 bits per heavy atom. The molecule has 0 spiro atoms. The SMILES string of the molecule is CC(C)(C)c1ccc(S(=O)(=O)N2CCC(CN)C2)cc1.Cl. The van der Waals surface area contributed by atoms with E-state index in [2.05, 4.69) is 20.8 Å². The second-order valence-corrected chi connectivity index (χ2v) is 8.47. The lowest BCUT2D eigenvalue weighted by Crippen LogP contribution is -2.30. The fourth-order valence-corrected chi connectivity index (χ4v) is 4.01. The van der Waals surface area contributed by atoms with Crippen molar-refractivity contribution in [3.8, 4) is 0 Å². The van der Waals surface area contributed by atoms with Gasteiger partial charge in [0.05, 0.1) is 4.90 Å². The molecule has 0 bridgehead atoms. The molecule has 0 aliphatic carbocycles. The highest BCUT2D eigenvalue weighted by Crippen LogP contribution is 2.27. The molecule has 6 heteroatoms. The number of benzene rings is 1. The van der Waals surface area contributed by atoms with E-state index >= 15 is 0 Å². The van der Waals surface area contributed by atoms with Crippen LogP contribution in [0.1, 0.15) is 32.8 Å². The summed E-state index contributed by atoms with van der Waals surface area (Å²) in [5.41, 5.74) is 6.79. The standard InChI is InChI=1S/C15H24N2O2S.ClH/c1-15(2,3)13-4-6-14(7-5-13)20(18,19)17-9-8-12(10-16)11-17;/h4-7,12H,8-11,16H2,1-3H3;1H. The molecule has 1 saturated heterocycles. The van der Waals surface area contributed by atoms with Crippen LogP contribution in [0.2, 0.25) is 0 Å². The van der Waals surface area contributed by atoms with Crippen molar-refractivity contribution in [1.82, 2.24) is 4.31 Å². The van der Waals surface area contributed by atoms with Gasteiger partial charge in [0.2, 0.25) is 10.0 Å². The highest BCUT2D eigenvalue weighted by Gasteiger charge is 2.31.